The molecule has 0 amide bonds. The molecule has 0 radical (unpaired) electrons. The third-order valence-corrected chi connectivity index (χ3v) is 29.0. The van der Waals surface area contributed by atoms with Crippen molar-refractivity contribution in [1.29, 1.82) is 0 Å². The highest BCUT2D eigenvalue weighted by Crippen LogP contribution is 2.59. The van der Waals surface area contributed by atoms with Gasteiger partial charge in [-0.2, -0.15) is 0 Å². The number of rotatable bonds is 59. The quantitative estimate of drug-likeness (QED) is 0.0281. The van der Waals surface area contributed by atoms with Crippen LogP contribution in [0.4, 0.5) is 0 Å². The van der Waals surface area contributed by atoms with Crippen molar-refractivity contribution in [3.8, 4) is 78.6 Å². The first-order chi connectivity index (χ1) is 63.8. The molecule has 10 aromatic carbocycles. The van der Waals surface area contributed by atoms with Crippen molar-refractivity contribution in [3.63, 3.8) is 0 Å². The summed E-state index contributed by atoms with van der Waals surface area (Å²) in [7, 11) is 0. The van der Waals surface area contributed by atoms with Crippen molar-refractivity contribution in [2.45, 2.75) is 325 Å². The maximum absolute atomic E-state index is 6.41. The average Bonchev–Trinajstić information content (AvgIpc) is 1.56. The Morgan fingerprint density at radius 2 is 0.408 bits per heavy atom. The predicted octanol–water partition coefficient (Wildman–Crippen LogP) is 38.2. The van der Waals surface area contributed by atoms with E-state index in [0.717, 1.165) is 123 Å². The molecule has 0 aliphatic heterocycles. The molecule has 690 valence electrons. The zero-order chi connectivity index (χ0) is 91.1. The van der Waals surface area contributed by atoms with Crippen molar-refractivity contribution in [2.75, 3.05) is 26.4 Å². The lowest BCUT2D eigenvalue weighted by atomic mass is 9.69. The van der Waals surface area contributed by atoms with Gasteiger partial charge in [-0.25, -0.2) is 0 Å². The summed E-state index contributed by atoms with van der Waals surface area (Å²) in [6.07, 6.45) is 61.9. The van der Waals surface area contributed by atoms with Crippen LogP contribution in [-0.4, -0.2) is 26.4 Å². The molecule has 0 heterocycles. The van der Waals surface area contributed by atoms with Crippen molar-refractivity contribution < 1.29 is 18.9 Å². The molecule has 0 bridgehead atoms. The molecule has 12 rings (SSSR count). The van der Waals surface area contributed by atoms with Gasteiger partial charge >= 0.3 is 0 Å². The van der Waals surface area contributed by atoms with Gasteiger partial charge in [0.05, 0.1) is 26.4 Å². The smallest absolute Gasteiger partial charge is 0.119 e. The fraction of sp³-hybridized carbons (Fsp3) is 0.460. The Morgan fingerprint density at radius 3 is 0.615 bits per heavy atom. The third kappa shape index (κ3) is 27.8. The fourth-order valence-electron chi connectivity index (χ4n) is 20.4. The minimum Gasteiger partial charge on any atom is -0.493 e. The monoisotopic (exact) mass is 1740 g/mol. The van der Waals surface area contributed by atoms with E-state index in [9.17, 15) is 0 Å². The summed E-state index contributed by atoms with van der Waals surface area (Å²) < 4.78 is 25.6. The van der Waals surface area contributed by atoms with Crippen LogP contribution < -0.4 is 18.9 Å². The number of unbranched alkanes of at least 4 members (excludes halogenated alkanes) is 16. The van der Waals surface area contributed by atoms with Gasteiger partial charge in [0, 0.05) is 10.8 Å². The van der Waals surface area contributed by atoms with E-state index in [4.69, 9.17) is 18.9 Å². The van der Waals surface area contributed by atoms with Gasteiger partial charge in [-0.3, -0.25) is 0 Å². The van der Waals surface area contributed by atoms with E-state index in [1.165, 1.54) is 280 Å². The molecule has 4 atom stereocenters. The minimum absolute atomic E-state index is 0.155. The number of hydrogen-bond donors (Lipinski definition) is 0. The fourth-order valence-corrected chi connectivity index (χ4v) is 20.4. The number of benzene rings is 10. The van der Waals surface area contributed by atoms with Gasteiger partial charge < -0.3 is 18.9 Å². The zero-order valence-corrected chi connectivity index (χ0v) is 82.5. The molecule has 2 aliphatic rings. The van der Waals surface area contributed by atoms with Crippen LogP contribution in [0.25, 0.3) is 104 Å². The normalized spacial score (nSPS) is 14.0. The Bertz CT molecular complexity index is 4630. The van der Waals surface area contributed by atoms with Crippen molar-refractivity contribution >= 4 is 48.6 Å². The van der Waals surface area contributed by atoms with Crippen molar-refractivity contribution in [2.24, 2.45) is 23.7 Å². The molecule has 0 fully saturated rings. The second-order valence-corrected chi connectivity index (χ2v) is 38.7. The number of fused-ring (bicyclic) bond motifs is 6. The van der Waals surface area contributed by atoms with Crippen molar-refractivity contribution in [1.82, 2.24) is 0 Å². The molecule has 0 spiro atoms. The highest BCUT2D eigenvalue weighted by atomic mass is 16.5. The largest absolute Gasteiger partial charge is 0.493 e. The maximum Gasteiger partial charge on any atom is 0.119 e. The number of ether oxygens (including phenoxy) is 4. The van der Waals surface area contributed by atoms with Crippen LogP contribution >= 0.6 is 0 Å². The second-order valence-electron chi connectivity index (χ2n) is 38.7. The SMILES string of the molecule is CCCCCCC1(CCCCCC)c2cc(-c3cc(/C=C/c4ccc(OCC(CC)CCCC)cc4)cc(/C=C/c4ccc(OCC(CC)CCCC)cc4)c3)ccc2-c2ccc(-c3ccc4c(c3)C(CCCCCC)(CCCCCC)c3cc(-c5cc(/C=C/c6ccc(OCC(CC)CCCC)cc6)cc(/C=C/c6ccc(OCC(CC)CCCC)cc6)c5)ccc3-4)cc21. The molecule has 4 unspecified atom stereocenters. The molecular weight excluding hydrogens is 1580 g/mol. The highest BCUT2D eigenvalue weighted by molar-refractivity contribution is 5.91. The predicted molar refractivity (Wildman–Crippen MR) is 567 cm³/mol. The Kier molecular flexibility index (Phi) is 40.2. The van der Waals surface area contributed by atoms with Crippen LogP contribution in [0.1, 0.15) is 381 Å². The maximum atomic E-state index is 6.41. The minimum atomic E-state index is -0.155. The Labute approximate surface area is 789 Å². The summed E-state index contributed by atoms with van der Waals surface area (Å²) >= 11 is 0. The molecule has 130 heavy (non-hydrogen) atoms. The van der Waals surface area contributed by atoms with Gasteiger partial charge in [-0.05, 0) is 307 Å². The third-order valence-electron chi connectivity index (χ3n) is 29.0. The van der Waals surface area contributed by atoms with Crippen molar-refractivity contribution in [3.05, 3.63) is 273 Å². The topological polar surface area (TPSA) is 36.9 Å². The summed E-state index contributed by atoms with van der Waals surface area (Å²) in [6, 6.07) is 80.2. The first-order valence-electron chi connectivity index (χ1n) is 52.4. The van der Waals surface area contributed by atoms with E-state index in [1.54, 1.807) is 0 Å². The summed E-state index contributed by atoms with van der Waals surface area (Å²) in [5.74, 6) is 6.11. The summed E-state index contributed by atoms with van der Waals surface area (Å²) in [4.78, 5) is 0. The average molecular weight is 1740 g/mol. The molecule has 2 aliphatic carbocycles. The number of hydrogen-bond acceptors (Lipinski definition) is 4. The summed E-state index contributed by atoms with van der Waals surface area (Å²) in [6.45, 7) is 30.8. The van der Waals surface area contributed by atoms with Gasteiger partial charge in [-0.15, -0.1) is 0 Å². The molecule has 0 N–H and O–H groups in total. The summed E-state index contributed by atoms with van der Waals surface area (Å²) in [5.41, 5.74) is 28.5. The summed E-state index contributed by atoms with van der Waals surface area (Å²) in [5, 5.41) is 0. The lowest BCUT2D eigenvalue weighted by molar-refractivity contribution is 0.233. The van der Waals surface area contributed by atoms with Crippen LogP contribution in [0.3, 0.4) is 0 Å². The van der Waals surface area contributed by atoms with E-state index in [0.29, 0.717) is 23.7 Å². The highest BCUT2D eigenvalue weighted by Gasteiger charge is 2.45. The van der Waals surface area contributed by atoms with E-state index in [2.05, 4.69) is 338 Å². The molecule has 10 aromatic rings. The molecule has 0 saturated carbocycles. The molecular formula is C126H162O4. The lowest BCUT2D eigenvalue weighted by Crippen LogP contribution is -2.26. The van der Waals surface area contributed by atoms with Crippen LogP contribution in [0.5, 0.6) is 23.0 Å². The van der Waals surface area contributed by atoms with Crippen LogP contribution in [0, 0.1) is 23.7 Å². The molecule has 0 saturated heterocycles. The van der Waals surface area contributed by atoms with E-state index in [1.807, 2.05) is 0 Å². The standard InChI is InChI=1S/C126H162O4/c1-13-25-33-37-77-125(78-38-34-26-14-2)121-87-107(61-73-117(121)119-75-63-109(89-123(119)125)111-83-103(49-45-99-53-65-113(66-54-99)127-91-95(21-9)41-29-17-5)81-104(84-111)50-46-100-55-67-114(68-56-100)128-92-96(22-10)42-30-18-6)108-62-74-118-120-76-64-110(90-124(120)126(122(118)88-108,79-39-35-27-15-3)80-40-36-28-16-4)112-85-105(51-47-101-57-69-115(70-58-101)129-93-97(23-11)43-31-19-7)82-106(86-112)52-48-102-59-71-116(72-60-102)130-94-98(24-12)44-32-20-8/h45-76,81-90,95-98H,13-44,77-80,91-94H2,1-12H3/b49-45+,50-46+,51-47+,52-48+. The van der Waals surface area contributed by atoms with Crippen LogP contribution in [0.2, 0.25) is 0 Å². The van der Waals surface area contributed by atoms with E-state index < -0.39 is 0 Å². The zero-order valence-electron chi connectivity index (χ0n) is 82.5. The van der Waals surface area contributed by atoms with Gasteiger partial charge in [-0.1, -0.05) is 409 Å². The molecule has 4 nitrogen and oxygen atoms in total. The molecule has 4 heteroatoms. The lowest BCUT2D eigenvalue weighted by Gasteiger charge is -2.34. The molecule has 0 aromatic heterocycles. The Morgan fingerprint density at radius 1 is 0.200 bits per heavy atom. The van der Waals surface area contributed by atoms with Gasteiger partial charge in [0.1, 0.15) is 23.0 Å². The van der Waals surface area contributed by atoms with Gasteiger partial charge in [0.15, 0.2) is 0 Å². The first-order valence-corrected chi connectivity index (χ1v) is 52.4. The van der Waals surface area contributed by atoms with E-state index >= 15 is 0 Å². The van der Waals surface area contributed by atoms with E-state index in [-0.39, 0.29) is 10.8 Å². The van der Waals surface area contributed by atoms with Gasteiger partial charge in [0.25, 0.3) is 0 Å². The van der Waals surface area contributed by atoms with Gasteiger partial charge in [0.2, 0.25) is 0 Å². The Hall–Kier alpha value is -9.64. The van der Waals surface area contributed by atoms with Crippen LogP contribution in [-0.2, 0) is 10.8 Å². The van der Waals surface area contributed by atoms with Crippen LogP contribution in [0.15, 0.2) is 206 Å². The first kappa shape index (κ1) is 99.4. The Balaban J connectivity index is 0.920. The second kappa shape index (κ2) is 52.6.